The molecular formula is C11H12BrN3O. The van der Waals surface area contributed by atoms with Crippen LogP contribution in [-0.2, 0) is 6.54 Å². The largest absolute Gasteiger partial charge is 0.497 e. The van der Waals surface area contributed by atoms with Crippen LogP contribution in [0.5, 0.6) is 5.75 Å². The number of nitrogens with zero attached hydrogens (tertiary/aromatic N) is 1. The fourth-order valence-corrected chi connectivity index (χ4v) is 1.84. The number of methoxy groups -OCH3 is 1. The second kappa shape index (κ2) is 5.03. The molecule has 0 bridgehead atoms. The van der Waals surface area contributed by atoms with E-state index >= 15 is 0 Å². The van der Waals surface area contributed by atoms with Gasteiger partial charge in [-0.3, -0.25) is 0 Å². The van der Waals surface area contributed by atoms with Crippen molar-refractivity contribution in [3.63, 3.8) is 0 Å². The van der Waals surface area contributed by atoms with Gasteiger partial charge in [-0.1, -0.05) is 15.9 Å². The van der Waals surface area contributed by atoms with Crippen LogP contribution in [0, 0.1) is 0 Å². The van der Waals surface area contributed by atoms with E-state index in [1.165, 1.54) is 0 Å². The smallest absolute Gasteiger partial charge is 0.125 e. The number of aromatic nitrogens is 2. The number of nitrogens with one attached hydrogen (secondary N) is 2. The predicted molar refractivity (Wildman–Crippen MR) is 66.6 cm³/mol. The van der Waals surface area contributed by atoms with E-state index in [0.717, 1.165) is 21.7 Å². The van der Waals surface area contributed by atoms with Crippen molar-refractivity contribution in [1.29, 1.82) is 0 Å². The highest BCUT2D eigenvalue weighted by Gasteiger charge is 2.00. The molecule has 2 aromatic rings. The Labute approximate surface area is 102 Å². The highest BCUT2D eigenvalue weighted by Crippen LogP contribution is 2.24. The number of anilines is 1. The molecule has 0 spiro atoms. The van der Waals surface area contributed by atoms with Crippen LogP contribution in [0.25, 0.3) is 0 Å². The van der Waals surface area contributed by atoms with Crippen molar-refractivity contribution >= 4 is 21.6 Å². The van der Waals surface area contributed by atoms with Gasteiger partial charge in [0.1, 0.15) is 11.6 Å². The van der Waals surface area contributed by atoms with E-state index in [0.29, 0.717) is 6.54 Å². The number of hydrogen-bond donors (Lipinski definition) is 2. The third kappa shape index (κ3) is 2.76. The number of H-pyrrole nitrogens is 1. The molecule has 4 nitrogen and oxygen atoms in total. The van der Waals surface area contributed by atoms with Gasteiger partial charge in [-0.2, -0.15) is 0 Å². The molecule has 1 heterocycles. The first-order valence-electron chi connectivity index (χ1n) is 4.84. The second-order valence-corrected chi connectivity index (χ2v) is 4.18. The normalized spacial score (nSPS) is 10.1. The van der Waals surface area contributed by atoms with Crippen LogP contribution in [0.4, 0.5) is 5.69 Å². The van der Waals surface area contributed by atoms with Crippen molar-refractivity contribution in [2.45, 2.75) is 6.54 Å². The van der Waals surface area contributed by atoms with Gasteiger partial charge in [0.25, 0.3) is 0 Å². The lowest BCUT2D eigenvalue weighted by Crippen LogP contribution is -2.01. The topological polar surface area (TPSA) is 49.9 Å². The van der Waals surface area contributed by atoms with E-state index in [2.05, 4.69) is 31.2 Å². The molecule has 0 aliphatic carbocycles. The number of imidazole rings is 1. The van der Waals surface area contributed by atoms with Crippen molar-refractivity contribution in [2.75, 3.05) is 12.4 Å². The lowest BCUT2D eigenvalue weighted by Gasteiger charge is -2.07. The summed E-state index contributed by atoms with van der Waals surface area (Å²) in [4.78, 5) is 7.17. The Morgan fingerprint density at radius 2 is 2.31 bits per heavy atom. The van der Waals surface area contributed by atoms with E-state index in [1.807, 2.05) is 18.2 Å². The zero-order valence-corrected chi connectivity index (χ0v) is 10.4. The van der Waals surface area contributed by atoms with Crippen molar-refractivity contribution in [2.24, 2.45) is 0 Å². The monoisotopic (exact) mass is 281 g/mol. The number of hydrogen-bond acceptors (Lipinski definition) is 3. The summed E-state index contributed by atoms with van der Waals surface area (Å²) in [6.07, 6.45) is 3.54. The molecule has 0 aliphatic heterocycles. The maximum atomic E-state index is 5.18. The van der Waals surface area contributed by atoms with Gasteiger partial charge in [0, 0.05) is 28.6 Å². The SMILES string of the molecule is COc1cc(Br)cc(NCc2ncc[nH]2)c1. The first-order valence-corrected chi connectivity index (χ1v) is 5.64. The maximum Gasteiger partial charge on any atom is 0.125 e. The van der Waals surface area contributed by atoms with Crippen molar-refractivity contribution in [1.82, 2.24) is 9.97 Å². The van der Waals surface area contributed by atoms with E-state index < -0.39 is 0 Å². The zero-order chi connectivity index (χ0) is 11.4. The lowest BCUT2D eigenvalue weighted by atomic mass is 10.3. The van der Waals surface area contributed by atoms with Gasteiger partial charge in [0.05, 0.1) is 13.7 Å². The molecule has 0 amide bonds. The van der Waals surface area contributed by atoms with E-state index in [1.54, 1.807) is 19.5 Å². The fourth-order valence-electron chi connectivity index (χ4n) is 1.36. The van der Waals surface area contributed by atoms with E-state index in [9.17, 15) is 0 Å². The Morgan fingerprint density at radius 3 is 3.00 bits per heavy atom. The molecule has 0 aliphatic rings. The lowest BCUT2D eigenvalue weighted by molar-refractivity contribution is 0.414. The Balaban J connectivity index is 2.06. The summed E-state index contributed by atoms with van der Waals surface area (Å²) >= 11 is 3.43. The molecule has 0 saturated carbocycles. The standard InChI is InChI=1S/C11H12BrN3O/c1-16-10-5-8(12)4-9(6-10)15-7-11-13-2-3-14-11/h2-6,15H,7H2,1H3,(H,13,14). The number of benzene rings is 1. The summed E-state index contributed by atoms with van der Waals surface area (Å²) in [5, 5.41) is 3.26. The van der Waals surface area contributed by atoms with Gasteiger partial charge in [0.15, 0.2) is 0 Å². The number of rotatable bonds is 4. The van der Waals surface area contributed by atoms with Gasteiger partial charge in [-0.05, 0) is 12.1 Å². The zero-order valence-electron chi connectivity index (χ0n) is 8.83. The van der Waals surface area contributed by atoms with Gasteiger partial charge in [-0.15, -0.1) is 0 Å². The summed E-state index contributed by atoms with van der Waals surface area (Å²) < 4.78 is 6.16. The number of aromatic amines is 1. The average Bonchev–Trinajstić information content (AvgIpc) is 2.78. The molecule has 0 saturated heterocycles. The summed E-state index contributed by atoms with van der Waals surface area (Å²) in [5.74, 6) is 1.72. The van der Waals surface area contributed by atoms with Gasteiger partial charge < -0.3 is 15.0 Å². The minimum absolute atomic E-state index is 0.659. The number of halogens is 1. The van der Waals surface area contributed by atoms with Gasteiger partial charge >= 0.3 is 0 Å². The summed E-state index contributed by atoms with van der Waals surface area (Å²) in [6, 6.07) is 5.84. The molecule has 1 aromatic heterocycles. The third-order valence-corrected chi connectivity index (χ3v) is 2.58. The van der Waals surface area contributed by atoms with Gasteiger partial charge in [-0.25, -0.2) is 4.98 Å². The van der Waals surface area contributed by atoms with Crippen LogP contribution in [0.15, 0.2) is 35.1 Å². The molecule has 2 rings (SSSR count). The minimum Gasteiger partial charge on any atom is -0.497 e. The van der Waals surface area contributed by atoms with Crippen molar-refractivity contribution in [3.05, 3.63) is 40.9 Å². The third-order valence-electron chi connectivity index (χ3n) is 2.12. The summed E-state index contributed by atoms with van der Waals surface area (Å²) in [6.45, 7) is 0.659. The molecule has 0 radical (unpaired) electrons. The summed E-state index contributed by atoms with van der Waals surface area (Å²) in [5.41, 5.74) is 0.989. The molecular weight excluding hydrogens is 270 g/mol. The van der Waals surface area contributed by atoms with Crippen molar-refractivity contribution < 1.29 is 4.74 Å². The highest BCUT2D eigenvalue weighted by molar-refractivity contribution is 9.10. The Kier molecular flexibility index (Phi) is 3.46. The molecule has 2 N–H and O–H groups in total. The molecule has 5 heteroatoms. The fraction of sp³-hybridized carbons (Fsp3) is 0.182. The molecule has 1 aromatic carbocycles. The summed E-state index contributed by atoms with van der Waals surface area (Å²) in [7, 11) is 1.65. The first kappa shape index (κ1) is 11.0. The molecule has 84 valence electrons. The van der Waals surface area contributed by atoms with Crippen LogP contribution in [0.1, 0.15) is 5.82 Å². The van der Waals surface area contributed by atoms with Crippen LogP contribution in [0.3, 0.4) is 0 Å². The highest BCUT2D eigenvalue weighted by atomic mass is 79.9. The molecule has 0 fully saturated rings. The molecule has 0 unspecified atom stereocenters. The maximum absolute atomic E-state index is 5.18. The predicted octanol–water partition coefficient (Wildman–Crippen LogP) is 2.79. The van der Waals surface area contributed by atoms with Gasteiger partial charge in [0.2, 0.25) is 0 Å². The minimum atomic E-state index is 0.659. The average molecular weight is 282 g/mol. The molecule has 0 atom stereocenters. The Morgan fingerprint density at radius 1 is 1.44 bits per heavy atom. The molecule has 16 heavy (non-hydrogen) atoms. The van der Waals surface area contributed by atoms with E-state index in [-0.39, 0.29) is 0 Å². The van der Waals surface area contributed by atoms with Crippen LogP contribution >= 0.6 is 15.9 Å². The Bertz CT molecular complexity index is 456. The second-order valence-electron chi connectivity index (χ2n) is 3.27. The first-order chi connectivity index (χ1) is 7.78. The van der Waals surface area contributed by atoms with Crippen LogP contribution < -0.4 is 10.1 Å². The number of ether oxygens (including phenoxy) is 1. The quantitative estimate of drug-likeness (QED) is 0.906. The van der Waals surface area contributed by atoms with Crippen molar-refractivity contribution in [3.8, 4) is 5.75 Å². The van der Waals surface area contributed by atoms with Crippen LogP contribution in [-0.4, -0.2) is 17.1 Å². The van der Waals surface area contributed by atoms with Crippen LogP contribution in [0.2, 0.25) is 0 Å². The Hall–Kier alpha value is -1.49. The van der Waals surface area contributed by atoms with E-state index in [4.69, 9.17) is 4.74 Å².